The zero-order valence-corrected chi connectivity index (χ0v) is 23.3. The quantitative estimate of drug-likeness (QED) is 0.335. The topological polar surface area (TPSA) is 117 Å². The number of carbonyl (C=O) groups excluding carboxylic acids is 2. The third kappa shape index (κ3) is 7.00. The Hall–Kier alpha value is -3.66. The van der Waals surface area contributed by atoms with Crippen LogP contribution in [0.15, 0.2) is 53.4 Å². The molecule has 3 aromatic rings. The van der Waals surface area contributed by atoms with Gasteiger partial charge < -0.3 is 9.47 Å². The molecule has 0 spiro atoms. The van der Waals surface area contributed by atoms with Gasteiger partial charge in [-0.15, -0.1) is 0 Å². The summed E-state index contributed by atoms with van der Waals surface area (Å²) in [5.74, 6) is -0.345. The first-order chi connectivity index (χ1) is 18.1. The minimum Gasteiger partial charge on any atom is -0.465 e. The summed E-state index contributed by atoms with van der Waals surface area (Å²) >= 11 is 0. The monoisotopic (exact) mass is 541 g/mol. The molecular formula is C28H35N3O6S. The number of carbonyl (C=O) groups is 2. The van der Waals surface area contributed by atoms with Gasteiger partial charge in [0.25, 0.3) is 10.0 Å². The van der Waals surface area contributed by atoms with Gasteiger partial charge in [0.1, 0.15) is 5.56 Å². The Morgan fingerprint density at radius 1 is 1.08 bits per heavy atom. The Morgan fingerprint density at radius 3 is 2.39 bits per heavy atom. The smallest absolute Gasteiger partial charge is 0.421 e. The first-order valence-electron chi connectivity index (χ1n) is 12.6. The van der Waals surface area contributed by atoms with Gasteiger partial charge in [-0.05, 0) is 36.5 Å². The molecule has 0 saturated heterocycles. The van der Waals surface area contributed by atoms with E-state index < -0.39 is 22.1 Å². The van der Waals surface area contributed by atoms with Crippen molar-refractivity contribution in [3.63, 3.8) is 0 Å². The van der Waals surface area contributed by atoms with Gasteiger partial charge in [0, 0.05) is 18.5 Å². The molecule has 1 aromatic heterocycles. The van der Waals surface area contributed by atoms with Crippen molar-refractivity contribution in [1.29, 1.82) is 0 Å². The van der Waals surface area contributed by atoms with Gasteiger partial charge >= 0.3 is 12.1 Å². The van der Waals surface area contributed by atoms with Crippen LogP contribution < -0.4 is 4.72 Å². The molecule has 0 atom stereocenters. The van der Waals surface area contributed by atoms with Crippen molar-refractivity contribution in [1.82, 2.24) is 14.5 Å². The van der Waals surface area contributed by atoms with Crippen molar-refractivity contribution < 1.29 is 27.5 Å². The summed E-state index contributed by atoms with van der Waals surface area (Å²) in [4.78, 5) is 24.5. The molecule has 0 saturated carbocycles. The van der Waals surface area contributed by atoms with Gasteiger partial charge in [-0.2, -0.15) is 5.10 Å². The van der Waals surface area contributed by atoms with Crippen LogP contribution in [-0.2, 0) is 32.5 Å². The van der Waals surface area contributed by atoms with Gasteiger partial charge in [0.2, 0.25) is 0 Å². The molecule has 9 nitrogen and oxygen atoms in total. The molecule has 204 valence electrons. The molecule has 0 aliphatic rings. The Kier molecular flexibility index (Phi) is 9.68. The number of nitrogens with zero attached hydrogens (tertiary/aromatic N) is 2. The van der Waals surface area contributed by atoms with Crippen LogP contribution in [0, 0.1) is 12.8 Å². The van der Waals surface area contributed by atoms with E-state index in [1.807, 2.05) is 47.5 Å². The summed E-state index contributed by atoms with van der Waals surface area (Å²) in [7, 11) is -2.81. The van der Waals surface area contributed by atoms with Crippen molar-refractivity contribution in [2.24, 2.45) is 5.92 Å². The molecule has 2 aromatic carbocycles. The molecule has 1 N–H and O–H groups in total. The Morgan fingerprint density at radius 2 is 1.76 bits per heavy atom. The number of esters is 1. The predicted octanol–water partition coefficient (Wildman–Crippen LogP) is 5.11. The van der Waals surface area contributed by atoms with Crippen molar-refractivity contribution in [2.75, 3.05) is 13.7 Å². The third-order valence-electron chi connectivity index (χ3n) is 5.92. The average molecular weight is 542 g/mol. The van der Waals surface area contributed by atoms with Crippen molar-refractivity contribution in [2.45, 2.75) is 58.4 Å². The first-order valence-corrected chi connectivity index (χ1v) is 14.1. The molecule has 0 aliphatic carbocycles. The third-order valence-corrected chi connectivity index (χ3v) is 7.29. The van der Waals surface area contributed by atoms with E-state index in [0.717, 1.165) is 24.1 Å². The molecule has 1 amide bonds. The molecule has 3 rings (SSSR count). The molecular weight excluding hydrogens is 506 g/mol. The fraction of sp³-hybridized carbons (Fsp3) is 0.393. The fourth-order valence-corrected chi connectivity index (χ4v) is 5.16. The van der Waals surface area contributed by atoms with Crippen LogP contribution in [0.1, 0.15) is 60.9 Å². The SMILES string of the molecule is CCCCn1nc(C)c(C(=O)OC)c1Cc1ccc(-c2ccccc2S(=O)(=O)NC(=O)OCC(C)C)cc1. The minimum atomic E-state index is -4.16. The maximum Gasteiger partial charge on any atom is 0.421 e. The van der Waals surface area contributed by atoms with Crippen LogP contribution in [0.2, 0.25) is 0 Å². The number of hydrogen-bond acceptors (Lipinski definition) is 7. The van der Waals surface area contributed by atoms with E-state index in [1.54, 1.807) is 25.1 Å². The van der Waals surface area contributed by atoms with Gasteiger partial charge in [-0.3, -0.25) is 4.68 Å². The molecule has 0 bridgehead atoms. The van der Waals surface area contributed by atoms with Crippen molar-refractivity contribution in [3.8, 4) is 11.1 Å². The lowest BCUT2D eigenvalue weighted by Crippen LogP contribution is -2.32. The molecule has 0 fully saturated rings. The normalized spacial score (nSPS) is 11.4. The van der Waals surface area contributed by atoms with E-state index in [1.165, 1.54) is 13.2 Å². The highest BCUT2D eigenvalue weighted by atomic mass is 32.2. The number of methoxy groups -OCH3 is 1. The summed E-state index contributed by atoms with van der Waals surface area (Å²) in [5.41, 5.74) is 3.91. The van der Waals surface area contributed by atoms with Gasteiger partial charge in [-0.1, -0.05) is 69.7 Å². The number of ether oxygens (including phenoxy) is 2. The number of unbranched alkanes of at least 4 members (excludes halogenated alkanes) is 1. The van der Waals surface area contributed by atoms with Crippen LogP contribution in [0.5, 0.6) is 0 Å². The highest BCUT2D eigenvalue weighted by molar-refractivity contribution is 7.90. The standard InChI is InChI=1S/C28H35N3O6S/c1-6-7-16-31-24(26(20(4)29-31)27(32)36-5)17-21-12-14-22(15-13-21)23-10-8-9-11-25(23)38(34,35)30-28(33)37-18-19(2)3/h8-15,19H,6-7,16-18H2,1-5H3,(H,30,33). The van der Waals surface area contributed by atoms with Crippen LogP contribution in [-0.4, -0.2) is 44.0 Å². The molecule has 10 heteroatoms. The highest BCUT2D eigenvalue weighted by Gasteiger charge is 2.24. The van der Waals surface area contributed by atoms with E-state index in [2.05, 4.69) is 12.0 Å². The fourth-order valence-electron chi connectivity index (χ4n) is 4.04. The maximum absolute atomic E-state index is 13.0. The number of sulfonamides is 1. The molecule has 1 heterocycles. The van der Waals surface area contributed by atoms with Crippen molar-refractivity contribution >= 4 is 22.1 Å². The second-order valence-electron chi connectivity index (χ2n) is 9.44. The number of hydrogen-bond donors (Lipinski definition) is 1. The summed E-state index contributed by atoms with van der Waals surface area (Å²) < 4.78 is 39.8. The van der Waals surface area contributed by atoms with Gasteiger partial charge in [0.05, 0.1) is 30.0 Å². The largest absolute Gasteiger partial charge is 0.465 e. The average Bonchev–Trinajstić information content (AvgIpc) is 3.20. The van der Waals surface area contributed by atoms with E-state index in [4.69, 9.17) is 9.47 Å². The Balaban J connectivity index is 1.89. The number of nitrogens with one attached hydrogen (secondary N) is 1. The van der Waals surface area contributed by atoms with Crippen LogP contribution in [0.25, 0.3) is 11.1 Å². The first kappa shape index (κ1) is 28.9. The second kappa shape index (κ2) is 12.7. The molecule has 0 radical (unpaired) electrons. The van der Waals surface area contributed by atoms with E-state index in [0.29, 0.717) is 35.3 Å². The Labute approximate surface area is 224 Å². The number of aryl methyl sites for hydroxylation is 2. The number of aromatic nitrogens is 2. The Bertz CT molecular complexity index is 1380. The van der Waals surface area contributed by atoms with Crippen molar-refractivity contribution in [3.05, 3.63) is 71.0 Å². The van der Waals surface area contributed by atoms with E-state index in [9.17, 15) is 18.0 Å². The lowest BCUT2D eigenvalue weighted by atomic mass is 10.0. The molecule has 38 heavy (non-hydrogen) atoms. The number of benzene rings is 2. The highest BCUT2D eigenvalue weighted by Crippen LogP contribution is 2.28. The predicted molar refractivity (Wildman–Crippen MR) is 144 cm³/mol. The summed E-state index contributed by atoms with van der Waals surface area (Å²) in [5, 5.41) is 4.57. The van der Waals surface area contributed by atoms with E-state index in [-0.39, 0.29) is 17.4 Å². The zero-order valence-electron chi connectivity index (χ0n) is 22.5. The van der Waals surface area contributed by atoms with E-state index >= 15 is 0 Å². The van der Waals surface area contributed by atoms with Crippen LogP contribution in [0.3, 0.4) is 0 Å². The summed E-state index contributed by atoms with van der Waals surface area (Å²) in [6.45, 7) is 8.41. The number of amides is 1. The van der Waals surface area contributed by atoms with Crippen LogP contribution in [0.4, 0.5) is 4.79 Å². The lowest BCUT2D eigenvalue weighted by molar-refractivity contribution is 0.0598. The van der Waals surface area contributed by atoms with Crippen LogP contribution >= 0.6 is 0 Å². The molecule has 0 unspecified atom stereocenters. The van der Waals surface area contributed by atoms with Gasteiger partial charge in [-0.25, -0.2) is 22.7 Å². The number of rotatable bonds is 11. The molecule has 0 aliphatic heterocycles. The summed E-state index contributed by atoms with van der Waals surface area (Å²) in [6.07, 6.45) is 1.36. The van der Waals surface area contributed by atoms with Gasteiger partial charge in [0.15, 0.2) is 0 Å². The summed E-state index contributed by atoms with van der Waals surface area (Å²) in [6, 6.07) is 13.9. The second-order valence-corrected chi connectivity index (χ2v) is 11.1. The zero-order chi connectivity index (χ0) is 27.9. The minimum absolute atomic E-state index is 0.0320. The maximum atomic E-state index is 13.0. The lowest BCUT2D eigenvalue weighted by Gasteiger charge is -2.13.